The standard InChI is InChI=1S/C10H19NO2/c1-5-10(4,9(12)13)11-7-6-8(2)3/h11H,2,5-7H2,1,3-4H3,(H,12,13). The second kappa shape index (κ2) is 5.02. The highest BCUT2D eigenvalue weighted by Gasteiger charge is 2.29. The van der Waals surface area contributed by atoms with Gasteiger partial charge in [0.2, 0.25) is 0 Å². The Kier molecular flexibility index (Phi) is 4.70. The molecule has 0 saturated heterocycles. The van der Waals surface area contributed by atoms with Crippen molar-refractivity contribution in [2.24, 2.45) is 0 Å². The molecular weight excluding hydrogens is 166 g/mol. The maximum Gasteiger partial charge on any atom is 0.323 e. The summed E-state index contributed by atoms with van der Waals surface area (Å²) in [5, 5.41) is 11.9. The average Bonchev–Trinajstić information content (AvgIpc) is 2.03. The molecule has 1 unspecified atom stereocenters. The minimum atomic E-state index is -0.796. The Labute approximate surface area is 79.8 Å². The molecule has 0 aliphatic heterocycles. The first-order valence-electron chi connectivity index (χ1n) is 4.55. The summed E-state index contributed by atoms with van der Waals surface area (Å²) < 4.78 is 0. The first kappa shape index (κ1) is 12.2. The summed E-state index contributed by atoms with van der Waals surface area (Å²) >= 11 is 0. The molecule has 0 radical (unpaired) electrons. The van der Waals surface area contributed by atoms with E-state index in [-0.39, 0.29) is 0 Å². The molecule has 0 aromatic rings. The fourth-order valence-electron chi connectivity index (χ4n) is 0.904. The van der Waals surface area contributed by atoms with Crippen molar-refractivity contribution in [2.75, 3.05) is 6.54 Å². The van der Waals surface area contributed by atoms with Crippen LogP contribution in [0.3, 0.4) is 0 Å². The van der Waals surface area contributed by atoms with E-state index in [1.54, 1.807) is 6.92 Å². The molecule has 0 aliphatic carbocycles. The first-order chi connectivity index (χ1) is 5.92. The molecule has 0 bridgehead atoms. The molecule has 0 spiro atoms. The van der Waals surface area contributed by atoms with Crippen LogP contribution in [-0.4, -0.2) is 23.2 Å². The molecule has 76 valence electrons. The van der Waals surface area contributed by atoms with E-state index < -0.39 is 11.5 Å². The predicted molar refractivity (Wildman–Crippen MR) is 53.8 cm³/mol. The van der Waals surface area contributed by atoms with Crippen LogP contribution in [0.15, 0.2) is 12.2 Å². The highest BCUT2D eigenvalue weighted by Crippen LogP contribution is 2.09. The molecule has 0 heterocycles. The Hall–Kier alpha value is -0.830. The fourth-order valence-corrected chi connectivity index (χ4v) is 0.904. The number of carboxylic acids is 1. The van der Waals surface area contributed by atoms with Gasteiger partial charge in [-0.1, -0.05) is 12.5 Å². The smallest absolute Gasteiger partial charge is 0.323 e. The third-order valence-corrected chi connectivity index (χ3v) is 2.25. The van der Waals surface area contributed by atoms with Crippen LogP contribution >= 0.6 is 0 Å². The monoisotopic (exact) mass is 185 g/mol. The summed E-state index contributed by atoms with van der Waals surface area (Å²) in [7, 11) is 0. The van der Waals surface area contributed by atoms with Gasteiger partial charge in [-0.25, -0.2) is 0 Å². The summed E-state index contributed by atoms with van der Waals surface area (Å²) in [5.74, 6) is -0.795. The fraction of sp³-hybridized carbons (Fsp3) is 0.700. The normalized spacial score (nSPS) is 15.0. The number of carboxylic acid groups (broad SMARTS) is 1. The lowest BCUT2D eigenvalue weighted by Gasteiger charge is -2.24. The van der Waals surface area contributed by atoms with Crippen LogP contribution in [-0.2, 0) is 4.79 Å². The van der Waals surface area contributed by atoms with Gasteiger partial charge >= 0.3 is 5.97 Å². The van der Waals surface area contributed by atoms with Gasteiger partial charge in [0.05, 0.1) is 0 Å². The Balaban J connectivity index is 3.98. The van der Waals surface area contributed by atoms with Crippen molar-refractivity contribution in [3.05, 3.63) is 12.2 Å². The molecule has 0 rings (SSSR count). The van der Waals surface area contributed by atoms with Gasteiger partial charge in [0.1, 0.15) is 5.54 Å². The van der Waals surface area contributed by atoms with Gasteiger partial charge in [0, 0.05) is 0 Å². The van der Waals surface area contributed by atoms with Crippen LogP contribution in [0.25, 0.3) is 0 Å². The topological polar surface area (TPSA) is 49.3 Å². The van der Waals surface area contributed by atoms with E-state index in [1.807, 2.05) is 13.8 Å². The predicted octanol–water partition coefficient (Wildman–Crippen LogP) is 1.80. The van der Waals surface area contributed by atoms with Crippen molar-refractivity contribution >= 4 is 5.97 Å². The SMILES string of the molecule is C=C(C)CCNC(C)(CC)C(=O)O. The third-order valence-electron chi connectivity index (χ3n) is 2.25. The summed E-state index contributed by atoms with van der Waals surface area (Å²) in [4.78, 5) is 10.8. The quantitative estimate of drug-likeness (QED) is 0.620. The van der Waals surface area contributed by atoms with Gasteiger partial charge in [-0.15, -0.1) is 6.58 Å². The van der Waals surface area contributed by atoms with E-state index >= 15 is 0 Å². The van der Waals surface area contributed by atoms with Crippen molar-refractivity contribution in [1.29, 1.82) is 0 Å². The zero-order valence-electron chi connectivity index (χ0n) is 8.68. The molecule has 3 heteroatoms. The van der Waals surface area contributed by atoms with Crippen LogP contribution in [0, 0.1) is 0 Å². The number of hydrogen-bond donors (Lipinski definition) is 2. The lowest BCUT2D eigenvalue weighted by Crippen LogP contribution is -2.49. The molecule has 2 N–H and O–H groups in total. The maximum absolute atomic E-state index is 10.8. The van der Waals surface area contributed by atoms with Crippen LogP contribution < -0.4 is 5.32 Å². The second-order valence-electron chi connectivity index (χ2n) is 3.62. The number of rotatable bonds is 6. The van der Waals surface area contributed by atoms with E-state index in [0.29, 0.717) is 13.0 Å². The van der Waals surface area contributed by atoms with Crippen LogP contribution in [0.2, 0.25) is 0 Å². The van der Waals surface area contributed by atoms with Crippen LogP contribution in [0.4, 0.5) is 0 Å². The average molecular weight is 185 g/mol. The lowest BCUT2D eigenvalue weighted by atomic mass is 9.99. The minimum Gasteiger partial charge on any atom is -0.480 e. The van der Waals surface area contributed by atoms with Crippen molar-refractivity contribution < 1.29 is 9.90 Å². The van der Waals surface area contributed by atoms with E-state index in [9.17, 15) is 4.79 Å². The van der Waals surface area contributed by atoms with Crippen molar-refractivity contribution in [1.82, 2.24) is 5.32 Å². The van der Waals surface area contributed by atoms with Gasteiger partial charge < -0.3 is 10.4 Å². The molecule has 0 aliphatic rings. The maximum atomic E-state index is 10.8. The van der Waals surface area contributed by atoms with Crippen LogP contribution in [0.1, 0.15) is 33.6 Å². The molecule has 0 amide bonds. The number of aliphatic carboxylic acids is 1. The molecular formula is C10H19NO2. The molecule has 3 nitrogen and oxygen atoms in total. The molecule has 0 saturated carbocycles. The van der Waals surface area contributed by atoms with Crippen molar-refractivity contribution in [3.63, 3.8) is 0 Å². The molecule has 0 aromatic carbocycles. The zero-order valence-corrected chi connectivity index (χ0v) is 8.68. The number of nitrogens with one attached hydrogen (secondary N) is 1. The van der Waals surface area contributed by atoms with E-state index in [0.717, 1.165) is 12.0 Å². The van der Waals surface area contributed by atoms with Crippen LogP contribution in [0.5, 0.6) is 0 Å². The molecule has 0 fully saturated rings. The Bertz CT molecular complexity index is 201. The van der Waals surface area contributed by atoms with Crippen molar-refractivity contribution in [2.45, 2.75) is 39.2 Å². The third kappa shape index (κ3) is 4.08. The first-order valence-corrected chi connectivity index (χ1v) is 4.55. The Morgan fingerprint density at radius 3 is 2.46 bits per heavy atom. The van der Waals surface area contributed by atoms with Gasteiger partial charge in [0.15, 0.2) is 0 Å². The van der Waals surface area contributed by atoms with Gasteiger partial charge in [-0.2, -0.15) is 0 Å². The van der Waals surface area contributed by atoms with Gasteiger partial charge in [0.25, 0.3) is 0 Å². The van der Waals surface area contributed by atoms with Gasteiger partial charge in [-0.3, -0.25) is 4.79 Å². The van der Waals surface area contributed by atoms with E-state index in [1.165, 1.54) is 0 Å². The molecule has 13 heavy (non-hydrogen) atoms. The van der Waals surface area contributed by atoms with Crippen molar-refractivity contribution in [3.8, 4) is 0 Å². The van der Waals surface area contributed by atoms with Gasteiger partial charge in [-0.05, 0) is 33.2 Å². The summed E-state index contributed by atoms with van der Waals surface area (Å²) in [5.41, 5.74) is 0.270. The lowest BCUT2D eigenvalue weighted by molar-refractivity contribution is -0.144. The highest BCUT2D eigenvalue weighted by atomic mass is 16.4. The zero-order chi connectivity index (χ0) is 10.5. The number of carbonyl (C=O) groups is 1. The summed E-state index contributed by atoms with van der Waals surface area (Å²) in [6, 6.07) is 0. The Morgan fingerprint density at radius 1 is 1.62 bits per heavy atom. The largest absolute Gasteiger partial charge is 0.480 e. The molecule has 0 aromatic heterocycles. The summed E-state index contributed by atoms with van der Waals surface area (Å²) in [6.07, 6.45) is 1.40. The summed E-state index contributed by atoms with van der Waals surface area (Å²) in [6.45, 7) is 9.93. The minimum absolute atomic E-state index is 0.582. The highest BCUT2D eigenvalue weighted by molar-refractivity contribution is 5.78. The Morgan fingerprint density at radius 2 is 2.15 bits per heavy atom. The molecule has 1 atom stereocenters. The number of hydrogen-bond acceptors (Lipinski definition) is 2. The second-order valence-corrected chi connectivity index (χ2v) is 3.62. The van der Waals surface area contributed by atoms with E-state index in [2.05, 4.69) is 11.9 Å². The van der Waals surface area contributed by atoms with E-state index in [4.69, 9.17) is 5.11 Å².